The van der Waals surface area contributed by atoms with Crippen molar-refractivity contribution < 1.29 is 14.3 Å². The van der Waals surface area contributed by atoms with E-state index >= 15 is 0 Å². The van der Waals surface area contributed by atoms with Crippen molar-refractivity contribution in [2.45, 2.75) is 6.42 Å². The van der Waals surface area contributed by atoms with E-state index in [4.69, 9.17) is 10.8 Å². The third-order valence-corrected chi connectivity index (χ3v) is 1.43. The summed E-state index contributed by atoms with van der Waals surface area (Å²) in [6.45, 7) is 0. The lowest BCUT2D eigenvalue weighted by Gasteiger charge is -1.96. The van der Waals surface area contributed by atoms with Crippen molar-refractivity contribution in [1.29, 1.82) is 0 Å². The molecule has 0 aliphatic carbocycles. The van der Waals surface area contributed by atoms with Gasteiger partial charge in [-0.25, -0.2) is 9.38 Å². The highest BCUT2D eigenvalue weighted by atomic mass is 35.5. The monoisotopic (exact) mass is 232 g/mol. The number of halogens is 2. The molecule has 0 atom stereocenters. The van der Waals surface area contributed by atoms with Gasteiger partial charge in [0.05, 0.1) is 5.69 Å². The Balaban J connectivity index is 0.00000196. The molecule has 0 heterocycles. The van der Waals surface area contributed by atoms with Gasteiger partial charge in [0, 0.05) is 0 Å². The molecule has 0 unspecified atom stereocenters. The smallest absolute Gasteiger partial charge is 0.310 e. The van der Waals surface area contributed by atoms with E-state index in [1.807, 2.05) is 0 Å². The third kappa shape index (κ3) is 4.97. The summed E-state index contributed by atoms with van der Waals surface area (Å²) in [7, 11) is 0. The Bertz CT molecular complexity index is 365. The van der Waals surface area contributed by atoms with E-state index in [0.29, 0.717) is 5.69 Å². The average molecular weight is 233 g/mol. The van der Waals surface area contributed by atoms with Crippen LogP contribution in [0.1, 0.15) is 6.42 Å². The number of hydrogen-bond acceptors (Lipinski definition) is 2. The van der Waals surface area contributed by atoms with Gasteiger partial charge in [0.15, 0.2) is 0 Å². The van der Waals surface area contributed by atoms with Gasteiger partial charge in [-0.3, -0.25) is 4.79 Å². The van der Waals surface area contributed by atoms with Crippen LogP contribution in [0.2, 0.25) is 0 Å². The van der Waals surface area contributed by atoms with Crippen molar-refractivity contribution in [3.63, 3.8) is 0 Å². The molecule has 15 heavy (non-hydrogen) atoms. The van der Waals surface area contributed by atoms with Crippen molar-refractivity contribution in [3.8, 4) is 0 Å². The molecule has 82 valence electrons. The number of carboxylic acids is 1. The number of aliphatic imine (C=N–C) groups is 1. The molecule has 4 nitrogen and oxygen atoms in total. The third-order valence-electron chi connectivity index (χ3n) is 1.43. The van der Waals surface area contributed by atoms with Crippen LogP contribution in [0.25, 0.3) is 0 Å². The molecule has 0 radical (unpaired) electrons. The van der Waals surface area contributed by atoms with Crippen LogP contribution in [0.4, 0.5) is 10.1 Å². The lowest BCUT2D eigenvalue weighted by molar-refractivity contribution is -0.135. The van der Waals surface area contributed by atoms with Crippen LogP contribution in [-0.4, -0.2) is 16.9 Å². The molecule has 1 aromatic rings. The Morgan fingerprint density at radius 3 is 2.40 bits per heavy atom. The topological polar surface area (TPSA) is 75.7 Å². The highest BCUT2D eigenvalue weighted by Gasteiger charge is 2.00. The Labute approximate surface area is 92.0 Å². The summed E-state index contributed by atoms with van der Waals surface area (Å²) >= 11 is 0. The second-order valence-corrected chi connectivity index (χ2v) is 2.65. The maximum absolute atomic E-state index is 12.5. The standard InChI is InChI=1S/C9H9FN2O2.ClH/c10-6-1-3-7(4-2-6)12-8(11)5-9(13)14;/h1-4H,5H2,(H2,11,12)(H,13,14);1H. The number of aliphatic carboxylic acids is 1. The van der Waals surface area contributed by atoms with E-state index in [1.54, 1.807) is 0 Å². The van der Waals surface area contributed by atoms with Gasteiger partial charge in [-0.1, -0.05) is 0 Å². The first-order valence-electron chi connectivity index (χ1n) is 3.88. The zero-order valence-electron chi connectivity index (χ0n) is 7.68. The fourth-order valence-corrected chi connectivity index (χ4v) is 0.876. The number of hydrogen-bond donors (Lipinski definition) is 2. The summed E-state index contributed by atoms with van der Waals surface area (Å²) in [5.41, 5.74) is 5.76. The number of nitrogens with two attached hydrogens (primary N) is 1. The van der Waals surface area contributed by atoms with E-state index in [1.165, 1.54) is 24.3 Å². The second-order valence-electron chi connectivity index (χ2n) is 2.65. The molecule has 0 aromatic heterocycles. The molecule has 0 aliphatic heterocycles. The minimum atomic E-state index is -1.05. The van der Waals surface area contributed by atoms with Crippen LogP contribution in [-0.2, 0) is 4.79 Å². The van der Waals surface area contributed by atoms with Crippen LogP contribution in [0.5, 0.6) is 0 Å². The molecular weight excluding hydrogens is 223 g/mol. The summed E-state index contributed by atoms with van der Waals surface area (Å²) in [4.78, 5) is 14.0. The molecule has 6 heteroatoms. The first kappa shape index (κ1) is 13.4. The molecular formula is C9H10ClFN2O2. The van der Waals surface area contributed by atoms with Crippen molar-refractivity contribution in [2.24, 2.45) is 10.7 Å². The Kier molecular flexibility index (Phi) is 5.33. The molecule has 1 aromatic carbocycles. The number of carbonyl (C=O) groups is 1. The zero-order chi connectivity index (χ0) is 10.6. The Morgan fingerprint density at radius 1 is 1.40 bits per heavy atom. The maximum Gasteiger partial charge on any atom is 0.310 e. The molecule has 1 rings (SSSR count). The quantitative estimate of drug-likeness (QED) is 0.615. The van der Waals surface area contributed by atoms with Crippen LogP contribution in [0.15, 0.2) is 29.3 Å². The van der Waals surface area contributed by atoms with Gasteiger partial charge < -0.3 is 10.8 Å². The largest absolute Gasteiger partial charge is 0.481 e. The summed E-state index contributed by atoms with van der Waals surface area (Å²) in [5, 5.41) is 8.39. The summed E-state index contributed by atoms with van der Waals surface area (Å²) in [6, 6.07) is 5.30. The molecule has 0 saturated carbocycles. The lowest BCUT2D eigenvalue weighted by atomic mass is 10.3. The number of amidine groups is 1. The summed E-state index contributed by atoms with van der Waals surface area (Å²) < 4.78 is 12.5. The van der Waals surface area contributed by atoms with Crippen LogP contribution in [0, 0.1) is 5.82 Å². The van der Waals surface area contributed by atoms with Crippen LogP contribution in [0.3, 0.4) is 0 Å². The molecule has 0 fully saturated rings. The van der Waals surface area contributed by atoms with Gasteiger partial charge in [0.1, 0.15) is 18.1 Å². The Morgan fingerprint density at radius 2 is 1.93 bits per heavy atom. The van der Waals surface area contributed by atoms with Gasteiger partial charge in [-0.15, -0.1) is 12.4 Å². The molecule has 0 saturated heterocycles. The normalized spacial score (nSPS) is 10.6. The first-order chi connectivity index (χ1) is 6.58. The van der Waals surface area contributed by atoms with Crippen LogP contribution < -0.4 is 5.73 Å². The SMILES string of the molecule is Cl.NC(CC(=O)O)=Nc1ccc(F)cc1. The molecule has 0 bridgehead atoms. The van der Waals surface area contributed by atoms with Crippen LogP contribution >= 0.6 is 12.4 Å². The van der Waals surface area contributed by atoms with Crippen molar-refractivity contribution in [2.75, 3.05) is 0 Å². The zero-order valence-corrected chi connectivity index (χ0v) is 8.50. The van der Waals surface area contributed by atoms with Gasteiger partial charge in [0.2, 0.25) is 0 Å². The summed E-state index contributed by atoms with van der Waals surface area (Å²) in [6.07, 6.45) is -0.322. The minimum Gasteiger partial charge on any atom is -0.481 e. The van der Waals surface area contributed by atoms with E-state index in [-0.39, 0.29) is 30.5 Å². The van der Waals surface area contributed by atoms with Crippen molar-refractivity contribution in [1.82, 2.24) is 0 Å². The average Bonchev–Trinajstić information content (AvgIpc) is 2.07. The molecule has 3 N–H and O–H groups in total. The minimum absolute atomic E-state index is 0. The highest BCUT2D eigenvalue weighted by Crippen LogP contribution is 2.12. The number of carboxylic acid groups (broad SMARTS) is 1. The predicted molar refractivity (Wildman–Crippen MR) is 57.2 cm³/mol. The fourth-order valence-electron chi connectivity index (χ4n) is 0.876. The highest BCUT2D eigenvalue weighted by molar-refractivity contribution is 5.97. The molecule has 0 amide bonds. The van der Waals surface area contributed by atoms with E-state index in [9.17, 15) is 9.18 Å². The fraction of sp³-hybridized carbons (Fsp3) is 0.111. The predicted octanol–water partition coefficient (Wildman–Crippen LogP) is 1.71. The number of rotatable bonds is 3. The van der Waals surface area contributed by atoms with Gasteiger partial charge in [-0.2, -0.15) is 0 Å². The van der Waals surface area contributed by atoms with Crippen molar-refractivity contribution >= 4 is 29.9 Å². The van der Waals surface area contributed by atoms with E-state index < -0.39 is 5.97 Å². The van der Waals surface area contributed by atoms with Gasteiger partial charge >= 0.3 is 5.97 Å². The van der Waals surface area contributed by atoms with E-state index in [0.717, 1.165) is 0 Å². The van der Waals surface area contributed by atoms with Crippen molar-refractivity contribution in [3.05, 3.63) is 30.1 Å². The number of nitrogens with zero attached hydrogens (tertiary/aromatic N) is 1. The molecule has 0 spiro atoms. The van der Waals surface area contributed by atoms with E-state index in [2.05, 4.69) is 4.99 Å². The van der Waals surface area contributed by atoms with Gasteiger partial charge in [-0.05, 0) is 24.3 Å². The lowest BCUT2D eigenvalue weighted by Crippen LogP contribution is -2.15. The number of benzene rings is 1. The summed E-state index contributed by atoms with van der Waals surface area (Å²) in [5.74, 6) is -1.43. The second kappa shape index (κ2) is 5.98. The molecule has 0 aliphatic rings. The Hall–Kier alpha value is -1.62. The van der Waals surface area contributed by atoms with Gasteiger partial charge in [0.25, 0.3) is 0 Å². The maximum atomic E-state index is 12.5. The first-order valence-corrected chi connectivity index (χ1v) is 3.88.